The summed E-state index contributed by atoms with van der Waals surface area (Å²) in [6, 6.07) is 5.48. The van der Waals surface area contributed by atoms with Crippen molar-refractivity contribution >= 4 is 23.5 Å². The maximum atomic E-state index is 12.9. The molecule has 0 aliphatic carbocycles. The molecular formula is C16H20FN3O2. The van der Waals surface area contributed by atoms with Gasteiger partial charge in [-0.3, -0.25) is 20.2 Å². The molecular weight excluding hydrogens is 285 g/mol. The zero-order valence-electron chi connectivity index (χ0n) is 12.8. The number of carbonyl (C=O) groups is 2. The highest BCUT2D eigenvalue weighted by molar-refractivity contribution is 6.20. The van der Waals surface area contributed by atoms with Crippen molar-refractivity contribution in [3.8, 4) is 0 Å². The Morgan fingerprint density at radius 3 is 1.95 bits per heavy atom. The number of rotatable bonds is 5. The molecule has 0 atom stereocenters. The fourth-order valence-electron chi connectivity index (χ4n) is 2.72. The van der Waals surface area contributed by atoms with Crippen LogP contribution in [0, 0.1) is 11.2 Å². The fraction of sp³-hybridized carbons (Fsp3) is 0.438. The van der Waals surface area contributed by atoms with E-state index in [2.05, 4.69) is 15.6 Å². The summed E-state index contributed by atoms with van der Waals surface area (Å²) in [4.78, 5) is 29.0. The van der Waals surface area contributed by atoms with Crippen molar-refractivity contribution in [3.63, 3.8) is 0 Å². The van der Waals surface area contributed by atoms with Gasteiger partial charge in [0.25, 0.3) is 0 Å². The van der Waals surface area contributed by atoms with Crippen molar-refractivity contribution in [2.24, 2.45) is 10.4 Å². The highest BCUT2D eigenvalue weighted by atomic mass is 19.1. The smallest absolute Gasteiger partial charge is 0.242 e. The van der Waals surface area contributed by atoms with Crippen LogP contribution in [0.15, 0.2) is 29.3 Å². The lowest BCUT2D eigenvalue weighted by Gasteiger charge is -2.35. The number of hydrogen-bond donors (Lipinski definition) is 2. The summed E-state index contributed by atoms with van der Waals surface area (Å²) in [5.74, 6) is -0.920. The average Bonchev–Trinajstić information content (AvgIpc) is 2.47. The van der Waals surface area contributed by atoms with E-state index in [1.54, 1.807) is 0 Å². The van der Waals surface area contributed by atoms with Gasteiger partial charge in [0.1, 0.15) is 11.2 Å². The van der Waals surface area contributed by atoms with Crippen LogP contribution >= 0.6 is 0 Å². The summed E-state index contributed by atoms with van der Waals surface area (Å²) in [5, 5.41) is 5.31. The second-order valence-electron chi connectivity index (χ2n) is 5.43. The minimum atomic E-state index is -1.02. The molecule has 2 N–H and O–H groups in total. The van der Waals surface area contributed by atoms with Gasteiger partial charge in [-0.1, -0.05) is 26.7 Å². The predicted molar refractivity (Wildman–Crippen MR) is 82.0 cm³/mol. The zero-order chi connectivity index (χ0) is 16.2. The number of halogens is 1. The third-order valence-electron chi connectivity index (χ3n) is 3.75. The van der Waals surface area contributed by atoms with Crippen LogP contribution in [0.25, 0.3) is 0 Å². The Morgan fingerprint density at radius 2 is 1.50 bits per heavy atom. The highest BCUT2D eigenvalue weighted by Gasteiger charge is 2.47. The van der Waals surface area contributed by atoms with Gasteiger partial charge in [0.05, 0.1) is 5.69 Å². The van der Waals surface area contributed by atoms with E-state index in [0.717, 1.165) is 12.8 Å². The minimum Gasteiger partial charge on any atom is -0.295 e. The summed E-state index contributed by atoms with van der Waals surface area (Å²) in [6.07, 6.45) is 2.49. The summed E-state index contributed by atoms with van der Waals surface area (Å²) >= 11 is 0. The van der Waals surface area contributed by atoms with E-state index in [9.17, 15) is 14.0 Å². The van der Waals surface area contributed by atoms with Crippen molar-refractivity contribution in [1.29, 1.82) is 0 Å². The predicted octanol–water partition coefficient (Wildman–Crippen LogP) is 2.65. The number of guanidine groups is 1. The van der Waals surface area contributed by atoms with E-state index in [-0.39, 0.29) is 23.6 Å². The molecule has 2 amide bonds. The van der Waals surface area contributed by atoms with Crippen molar-refractivity contribution in [3.05, 3.63) is 30.1 Å². The molecule has 0 bridgehead atoms. The lowest BCUT2D eigenvalue weighted by Crippen LogP contribution is -2.62. The lowest BCUT2D eigenvalue weighted by atomic mass is 9.76. The van der Waals surface area contributed by atoms with Gasteiger partial charge in [-0.2, -0.15) is 0 Å². The summed E-state index contributed by atoms with van der Waals surface area (Å²) in [5.41, 5.74) is -0.568. The van der Waals surface area contributed by atoms with Gasteiger partial charge < -0.3 is 0 Å². The Morgan fingerprint density at radius 1 is 1.00 bits per heavy atom. The third kappa shape index (κ3) is 3.16. The van der Waals surface area contributed by atoms with Crippen LogP contribution in [0.3, 0.4) is 0 Å². The van der Waals surface area contributed by atoms with E-state index in [1.807, 2.05) is 13.8 Å². The molecule has 0 saturated carbocycles. The average molecular weight is 305 g/mol. The maximum absolute atomic E-state index is 12.9. The van der Waals surface area contributed by atoms with Crippen molar-refractivity contribution in [2.75, 3.05) is 0 Å². The molecule has 0 unspecified atom stereocenters. The molecule has 0 aromatic heterocycles. The van der Waals surface area contributed by atoms with Crippen LogP contribution in [0.2, 0.25) is 0 Å². The van der Waals surface area contributed by atoms with Crippen LogP contribution in [-0.4, -0.2) is 17.8 Å². The van der Waals surface area contributed by atoms with Crippen LogP contribution < -0.4 is 10.6 Å². The zero-order valence-corrected chi connectivity index (χ0v) is 12.8. The van der Waals surface area contributed by atoms with Gasteiger partial charge in [-0.25, -0.2) is 9.38 Å². The number of carbonyl (C=O) groups excluding carboxylic acids is 2. The summed E-state index contributed by atoms with van der Waals surface area (Å²) in [6.45, 7) is 3.89. The number of aliphatic imine (C=N–C) groups is 1. The Kier molecular flexibility index (Phi) is 4.90. The molecule has 5 nitrogen and oxygen atoms in total. The first-order valence-electron chi connectivity index (χ1n) is 7.49. The largest absolute Gasteiger partial charge is 0.295 e. The summed E-state index contributed by atoms with van der Waals surface area (Å²) < 4.78 is 12.9. The van der Waals surface area contributed by atoms with Crippen LogP contribution in [0.5, 0.6) is 0 Å². The summed E-state index contributed by atoms with van der Waals surface area (Å²) in [7, 11) is 0. The van der Waals surface area contributed by atoms with Gasteiger partial charge in [0.2, 0.25) is 17.8 Å². The van der Waals surface area contributed by atoms with E-state index < -0.39 is 5.41 Å². The van der Waals surface area contributed by atoms with Gasteiger partial charge in [0, 0.05) is 0 Å². The molecule has 1 aromatic rings. The SMILES string of the molecule is CCCC1(CCC)C(=O)NC(=Nc2ccc(F)cc2)NC1=O. The molecule has 1 aliphatic heterocycles. The van der Waals surface area contributed by atoms with Crippen molar-refractivity contribution in [1.82, 2.24) is 10.6 Å². The number of hydrogen-bond acceptors (Lipinski definition) is 3. The Labute approximate surface area is 129 Å². The second kappa shape index (κ2) is 6.68. The first kappa shape index (κ1) is 16.1. The molecule has 1 aromatic carbocycles. The van der Waals surface area contributed by atoms with Gasteiger partial charge >= 0.3 is 0 Å². The first-order chi connectivity index (χ1) is 10.5. The van der Waals surface area contributed by atoms with Gasteiger partial charge in [-0.05, 0) is 37.1 Å². The molecule has 118 valence electrons. The van der Waals surface area contributed by atoms with Crippen LogP contribution in [-0.2, 0) is 9.59 Å². The molecule has 0 radical (unpaired) electrons. The molecule has 1 heterocycles. The molecule has 1 saturated heterocycles. The number of amides is 2. The molecule has 22 heavy (non-hydrogen) atoms. The topological polar surface area (TPSA) is 70.6 Å². The van der Waals surface area contributed by atoms with E-state index in [0.29, 0.717) is 18.5 Å². The Hall–Kier alpha value is -2.24. The monoisotopic (exact) mass is 305 g/mol. The maximum Gasteiger partial charge on any atom is 0.242 e. The number of nitrogens with one attached hydrogen (secondary N) is 2. The Bertz CT molecular complexity index is 568. The van der Waals surface area contributed by atoms with Crippen molar-refractivity contribution in [2.45, 2.75) is 39.5 Å². The van der Waals surface area contributed by atoms with Gasteiger partial charge in [-0.15, -0.1) is 0 Å². The lowest BCUT2D eigenvalue weighted by molar-refractivity contribution is -0.144. The minimum absolute atomic E-state index is 0.0874. The first-order valence-corrected chi connectivity index (χ1v) is 7.49. The Balaban J connectivity index is 2.23. The molecule has 0 spiro atoms. The van der Waals surface area contributed by atoms with Crippen LogP contribution in [0.1, 0.15) is 39.5 Å². The molecule has 1 aliphatic rings. The van der Waals surface area contributed by atoms with Crippen LogP contribution in [0.4, 0.5) is 10.1 Å². The number of nitrogens with zero attached hydrogens (tertiary/aromatic N) is 1. The third-order valence-corrected chi connectivity index (χ3v) is 3.75. The molecule has 2 rings (SSSR count). The normalized spacial score (nSPS) is 17.0. The van der Waals surface area contributed by atoms with E-state index >= 15 is 0 Å². The second-order valence-corrected chi connectivity index (χ2v) is 5.43. The van der Waals surface area contributed by atoms with E-state index in [1.165, 1.54) is 24.3 Å². The molecule has 6 heteroatoms. The quantitative estimate of drug-likeness (QED) is 0.821. The standard InChI is InChI=1S/C16H20FN3O2/c1-3-9-16(10-4-2)13(21)19-15(20-14(16)22)18-12-7-5-11(17)6-8-12/h5-8H,3-4,9-10H2,1-2H3,(H2,18,19,20,21,22). The van der Waals surface area contributed by atoms with E-state index in [4.69, 9.17) is 0 Å². The highest BCUT2D eigenvalue weighted by Crippen LogP contribution is 2.32. The van der Waals surface area contributed by atoms with Crippen molar-refractivity contribution < 1.29 is 14.0 Å². The fourth-order valence-corrected chi connectivity index (χ4v) is 2.72. The van der Waals surface area contributed by atoms with Gasteiger partial charge in [0.15, 0.2) is 0 Å². The number of benzene rings is 1. The molecule has 1 fully saturated rings.